The molecule has 0 fully saturated rings. The maximum Gasteiger partial charge on any atom is 0.344 e. The maximum absolute atomic E-state index is 13.3. The summed E-state index contributed by atoms with van der Waals surface area (Å²) in [5.41, 5.74) is 0. The molecule has 0 bridgehead atoms. The average molecular weight is 488 g/mol. The van der Waals surface area contributed by atoms with Crippen LogP contribution < -0.4 is 0 Å². The van der Waals surface area contributed by atoms with E-state index in [1.54, 1.807) is 0 Å². The van der Waals surface area contributed by atoms with Gasteiger partial charge in [0.2, 0.25) is 0 Å². The number of nitrogens with zero attached hydrogens (tertiary/aromatic N) is 1. The van der Waals surface area contributed by atoms with E-state index < -0.39 is 27.7 Å². The summed E-state index contributed by atoms with van der Waals surface area (Å²) in [5, 5.41) is 9.35. The zero-order chi connectivity index (χ0) is 23.6. The highest BCUT2D eigenvalue weighted by Crippen LogP contribution is 2.53. The van der Waals surface area contributed by atoms with Crippen LogP contribution in [0.5, 0.6) is 0 Å². The van der Waals surface area contributed by atoms with Crippen molar-refractivity contribution in [2.75, 3.05) is 45.5 Å². The molecule has 0 aliphatic heterocycles. The van der Waals surface area contributed by atoms with E-state index in [9.17, 15) is 19.0 Å². The standard InChI is InChI=1S/C20H43NO8P2/c1-5-9-13-26-30(24,27-14-10-6-2)18-21(17-20(22)23)19-31(25,28-15-11-7-3)29-16-12-8-4/h5-19H2,1-4H3,(H,22,23). The van der Waals surface area contributed by atoms with Crippen molar-refractivity contribution in [2.24, 2.45) is 0 Å². The van der Waals surface area contributed by atoms with E-state index in [1.807, 2.05) is 27.7 Å². The third-order valence-corrected chi connectivity index (χ3v) is 8.05. The number of hydrogen-bond donors (Lipinski definition) is 1. The first-order valence-corrected chi connectivity index (χ1v) is 14.9. The summed E-state index contributed by atoms with van der Waals surface area (Å²) in [6.45, 7) is 8.46. The molecule has 31 heavy (non-hydrogen) atoms. The van der Waals surface area contributed by atoms with Gasteiger partial charge in [-0.05, 0) is 25.7 Å². The molecule has 0 saturated heterocycles. The Bertz CT molecular complexity index is 493. The lowest BCUT2D eigenvalue weighted by atomic mass is 10.4. The van der Waals surface area contributed by atoms with Crippen molar-refractivity contribution < 1.29 is 37.1 Å². The van der Waals surface area contributed by atoms with Gasteiger partial charge in [-0.1, -0.05) is 53.4 Å². The lowest BCUT2D eigenvalue weighted by Gasteiger charge is -2.29. The maximum atomic E-state index is 13.3. The van der Waals surface area contributed by atoms with Gasteiger partial charge in [-0.2, -0.15) is 0 Å². The molecule has 0 aliphatic carbocycles. The van der Waals surface area contributed by atoms with Gasteiger partial charge in [0.05, 0.1) is 33.0 Å². The molecule has 0 saturated carbocycles. The zero-order valence-corrected chi connectivity index (χ0v) is 21.5. The highest BCUT2D eigenvalue weighted by molar-refractivity contribution is 7.54. The topological polar surface area (TPSA) is 112 Å². The van der Waals surface area contributed by atoms with Crippen molar-refractivity contribution in [1.29, 1.82) is 0 Å². The van der Waals surface area contributed by atoms with E-state index in [2.05, 4.69) is 0 Å². The number of rotatable bonds is 22. The molecule has 0 aromatic rings. The van der Waals surface area contributed by atoms with Crippen molar-refractivity contribution in [3.8, 4) is 0 Å². The van der Waals surface area contributed by atoms with E-state index in [4.69, 9.17) is 18.1 Å². The van der Waals surface area contributed by atoms with Crippen LogP contribution in [0.1, 0.15) is 79.1 Å². The van der Waals surface area contributed by atoms with Crippen LogP contribution in [0.15, 0.2) is 0 Å². The number of carboxylic acid groups (broad SMARTS) is 1. The molecule has 0 atom stereocenters. The average Bonchev–Trinajstić information content (AvgIpc) is 2.68. The van der Waals surface area contributed by atoms with E-state index in [0.717, 1.165) is 25.7 Å². The number of hydrogen-bond acceptors (Lipinski definition) is 8. The lowest BCUT2D eigenvalue weighted by Crippen LogP contribution is -2.33. The van der Waals surface area contributed by atoms with Crippen molar-refractivity contribution in [3.63, 3.8) is 0 Å². The Morgan fingerprint density at radius 3 is 1.19 bits per heavy atom. The van der Waals surface area contributed by atoms with Crippen molar-refractivity contribution >= 4 is 21.2 Å². The van der Waals surface area contributed by atoms with Crippen LogP contribution in [0.4, 0.5) is 0 Å². The van der Waals surface area contributed by atoms with Crippen LogP contribution in [0.25, 0.3) is 0 Å². The summed E-state index contributed by atoms with van der Waals surface area (Å²) in [7, 11) is -7.22. The predicted octanol–water partition coefficient (Wildman–Crippen LogP) is 5.94. The molecule has 0 aliphatic rings. The molecule has 0 radical (unpaired) electrons. The molecular formula is C20H43NO8P2. The summed E-state index contributed by atoms with van der Waals surface area (Å²) in [4.78, 5) is 12.7. The van der Waals surface area contributed by atoms with Gasteiger partial charge < -0.3 is 23.2 Å². The van der Waals surface area contributed by atoms with Gasteiger partial charge in [0.1, 0.15) is 12.6 Å². The Morgan fingerprint density at radius 2 is 0.968 bits per heavy atom. The van der Waals surface area contributed by atoms with Gasteiger partial charge in [-0.3, -0.25) is 18.8 Å². The molecule has 0 aromatic carbocycles. The van der Waals surface area contributed by atoms with Crippen LogP contribution in [-0.2, 0) is 32.0 Å². The Kier molecular flexibility index (Phi) is 18.0. The molecule has 0 spiro atoms. The molecule has 11 heteroatoms. The third kappa shape index (κ3) is 16.1. The second kappa shape index (κ2) is 18.2. The van der Waals surface area contributed by atoms with Crippen LogP contribution >= 0.6 is 15.2 Å². The van der Waals surface area contributed by atoms with Crippen LogP contribution in [-0.4, -0.2) is 61.5 Å². The van der Waals surface area contributed by atoms with Crippen molar-refractivity contribution in [3.05, 3.63) is 0 Å². The van der Waals surface area contributed by atoms with Crippen molar-refractivity contribution in [2.45, 2.75) is 79.1 Å². The van der Waals surface area contributed by atoms with Crippen molar-refractivity contribution in [1.82, 2.24) is 4.90 Å². The normalized spacial score (nSPS) is 12.5. The SMILES string of the molecule is CCCCOP(=O)(CN(CC(=O)O)CP(=O)(OCCCC)OCCCC)OCCCC. The molecule has 0 heterocycles. The first kappa shape index (κ1) is 30.7. The van der Waals surface area contributed by atoms with Gasteiger partial charge >= 0.3 is 21.2 Å². The fraction of sp³-hybridized carbons (Fsp3) is 0.950. The number of carboxylic acids is 1. The summed E-state index contributed by atoms with van der Waals surface area (Å²) in [6, 6.07) is 0. The Labute approximate surface area is 188 Å². The van der Waals surface area contributed by atoms with Gasteiger partial charge in [-0.25, -0.2) is 0 Å². The van der Waals surface area contributed by atoms with Crippen LogP contribution in [0.2, 0.25) is 0 Å². The van der Waals surface area contributed by atoms with Gasteiger partial charge in [0.15, 0.2) is 0 Å². The lowest BCUT2D eigenvalue weighted by molar-refractivity contribution is -0.137. The fourth-order valence-corrected chi connectivity index (χ4v) is 6.10. The molecule has 186 valence electrons. The minimum atomic E-state index is -3.61. The summed E-state index contributed by atoms with van der Waals surface area (Å²) in [5.74, 6) is -1.14. The minimum absolute atomic E-state index is 0.248. The van der Waals surface area contributed by atoms with Crippen LogP contribution in [0.3, 0.4) is 0 Å². The minimum Gasteiger partial charge on any atom is -0.480 e. The molecule has 0 amide bonds. The molecule has 0 unspecified atom stereocenters. The van der Waals surface area contributed by atoms with Crippen LogP contribution in [0, 0.1) is 0 Å². The monoisotopic (exact) mass is 487 g/mol. The smallest absolute Gasteiger partial charge is 0.344 e. The first-order valence-electron chi connectivity index (χ1n) is 11.4. The molecule has 1 N–H and O–H groups in total. The fourth-order valence-electron chi connectivity index (χ4n) is 2.46. The zero-order valence-electron chi connectivity index (χ0n) is 19.8. The van der Waals surface area contributed by atoms with E-state index in [0.29, 0.717) is 25.7 Å². The predicted molar refractivity (Wildman–Crippen MR) is 123 cm³/mol. The summed E-state index contributed by atoms with van der Waals surface area (Å²) in [6.07, 6.45) is 5.70. The molecule has 9 nitrogen and oxygen atoms in total. The highest BCUT2D eigenvalue weighted by atomic mass is 31.2. The molecule has 0 rings (SSSR count). The first-order chi connectivity index (χ1) is 14.7. The quantitative estimate of drug-likeness (QED) is 0.146. The van der Waals surface area contributed by atoms with Gasteiger partial charge in [-0.15, -0.1) is 0 Å². The van der Waals surface area contributed by atoms with E-state index in [-0.39, 0.29) is 39.0 Å². The second-order valence-corrected chi connectivity index (χ2v) is 11.5. The second-order valence-electron chi connectivity index (χ2n) is 7.47. The number of aliphatic carboxylic acids is 1. The largest absolute Gasteiger partial charge is 0.480 e. The summed E-state index contributed by atoms with van der Waals surface area (Å²) >= 11 is 0. The molecule has 0 aromatic heterocycles. The number of unbranched alkanes of at least 4 members (excludes halogenated alkanes) is 4. The Morgan fingerprint density at radius 1 is 0.677 bits per heavy atom. The molecular weight excluding hydrogens is 444 g/mol. The van der Waals surface area contributed by atoms with E-state index in [1.165, 1.54) is 4.90 Å². The number of carbonyl (C=O) groups is 1. The summed E-state index contributed by atoms with van der Waals surface area (Å²) < 4.78 is 48.9. The third-order valence-electron chi connectivity index (χ3n) is 4.25. The van der Waals surface area contributed by atoms with Gasteiger partial charge in [0, 0.05) is 0 Å². The Hall–Kier alpha value is -0.270. The van der Waals surface area contributed by atoms with Gasteiger partial charge in [0.25, 0.3) is 0 Å². The Balaban J connectivity index is 5.43. The van der Waals surface area contributed by atoms with E-state index >= 15 is 0 Å². The highest BCUT2D eigenvalue weighted by Gasteiger charge is 2.35.